The number of carbonyl (C=O) groups excluding carboxylic acids is 1. The Kier molecular flexibility index (Phi) is 6.22. The van der Waals surface area contributed by atoms with E-state index >= 15 is 0 Å². The van der Waals surface area contributed by atoms with E-state index in [1.165, 1.54) is 21.2 Å². The van der Waals surface area contributed by atoms with Crippen molar-refractivity contribution in [2.75, 3.05) is 18.4 Å². The number of hydrogen-bond donors (Lipinski definition) is 1. The van der Waals surface area contributed by atoms with E-state index in [0.717, 1.165) is 11.1 Å². The average Bonchev–Trinajstić information content (AvgIpc) is 3.43. The van der Waals surface area contributed by atoms with E-state index in [-0.39, 0.29) is 18.5 Å². The van der Waals surface area contributed by atoms with Gasteiger partial charge in [-0.3, -0.25) is 10.1 Å². The normalized spacial score (nSPS) is 17.5. The topological polar surface area (TPSA) is 105 Å². The summed E-state index contributed by atoms with van der Waals surface area (Å²) < 4.78 is 32.8. The fourth-order valence-corrected chi connectivity index (χ4v) is 6.37. The number of nitrogens with zero attached hydrogens (tertiary/aromatic N) is 3. The van der Waals surface area contributed by atoms with Gasteiger partial charge >= 0.3 is 6.01 Å². The predicted molar refractivity (Wildman–Crippen MR) is 117 cm³/mol. The molecule has 1 unspecified atom stereocenters. The summed E-state index contributed by atoms with van der Waals surface area (Å²) in [6.45, 7) is 4.61. The molecule has 2 aromatic heterocycles. The number of aryl methyl sites for hydroxylation is 2. The molecular formula is C21H24N4O4S2. The summed E-state index contributed by atoms with van der Waals surface area (Å²) >= 11 is 1.18. The number of piperidine rings is 1. The summed E-state index contributed by atoms with van der Waals surface area (Å²) in [5.41, 5.74) is 3.40. The quantitative estimate of drug-likeness (QED) is 0.605. The minimum Gasteiger partial charge on any atom is -0.407 e. The van der Waals surface area contributed by atoms with Crippen LogP contribution in [0.3, 0.4) is 0 Å². The highest BCUT2D eigenvalue weighted by atomic mass is 32.2. The molecule has 1 aliphatic heterocycles. The molecule has 0 bridgehead atoms. The molecule has 31 heavy (non-hydrogen) atoms. The van der Waals surface area contributed by atoms with Gasteiger partial charge in [-0.25, -0.2) is 8.42 Å². The van der Waals surface area contributed by atoms with Gasteiger partial charge in [0.15, 0.2) is 0 Å². The molecular weight excluding hydrogens is 436 g/mol. The molecule has 3 heterocycles. The molecule has 1 aromatic carbocycles. The molecule has 8 nitrogen and oxygen atoms in total. The summed E-state index contributed by atoms with van der Waals surface area (Å²) in [4.78, 5) is 12.7. The van der Waals surface area contributed by atoms with Gasteiger partial charge in [-0.2, -0.15) is 4.31 Å². The first kappa shape index (κ1) is 21.7. The van der Waals surface area contributed by atoms with Crippen LogP contribution in [0.2, 0.25) is 0 Å². The average molecular weight is 461 g/mol. The van der Waals surface area contributed by atoms with Crippen molar-refractivity contribution in [3.63, 3.8) is 0 Å². The van der Waals surface area contributed by atoms with Gasteiger partial charge in [0.25, 0.3) is 10.0 Å². The lowest BCUT2D eigenvalue weighted by Crippen LogP contribution is -2.43. The second-order valence-electron chi connectivity index (χ2n) is 7.73. The first-order valence-corrected chi connectivity index (χ1v) is 12.4. The molecule has 1 fully saturated rings. The van der Waals surface area contributed by atoms with Crippen molar-refractivity contribution in [1.82, 2.24) is 14.5 Å². The lowest BCUT2D eigenvalue weighted by atomic mass is 9.99. The third kappa shape index (κ3) is 4.86. The number of hydrogen-bond acceptors (Lipinski definition) is 7. The van der Waals surface area contributed by atoms with E-state index in [0.29, 0.717) is 35.9 Å². The van der Waals surface area contributed by atoms with Crippen LogP contribution in [0.25, 0.3) is 0 Å². The fraction of sp³-hybridized carbons (Fsp3) is 0.381. The first-order chi connectivity index (χ1) is 14.8. The monoisotopic (exact) mass is 460 g/mol. The van der Waals surface area contributed by atoms with Crippen molar-refractivity contribution in [2.24, 2.45) is 5.92 Å². The maximum Gasteiger partial charge on any atom is 0.322 e. The molecule has 1 aliphatic rings. The zero-order valence-electron chi connectivity index (χ0n) is 17.4. The lowest BCUT2D eigenvalue weighted by Gasteiger charge is -2.30. The molecule has 1 N–H and O–H groups in total. The Morgan fingerprint density at radius 2 is 2.13 bits per heavy atom. The van der Waals surface area contributed by atoms with E-state index in [1.807, 2.05) is 26.0 Å². The Morgan fingerprint density at radius 1 is 1.29 bits per heavy atom. The minimum absolute atomic E-state index is 0.0306. The second kappa shape index (κ2) is 8.89. The maximum absolute atomic E-state index is 12.8. The summed E-state index contributed by atoms with van der Waals surface area (Å²) in [6.07, 6.45) is 1.70. The summed E-state index contributed by atoms with van der Waals surface area (Å²) in [5, 5.41) is 12.3. The zero-order valence-corrected chi connectivity index (χ0v) is 19.0. The second-order valence-corrected chi connectivity index (χ2v) is 10.8. The van der Waals surface area contributed by atoms with Gasteiger partial charge in [0.2, 0.25) is 11.8 Å². The van der Waals surface area contributed by atoms with Crippen molar-refractivity contribution in [3.8, 4) is 0 Å². The number of nitrogens with one attached hydrogen (secondary N) is 1. The van der Waals surface area contributed by atoms with Crippen LogP contribution >= 0.6 is 11.3 Å². The Hall–Kier alpha value is -2.56. The van der Waals surface area contributed by atoms with Crippen molar-refractivity contribution < 1.29 is 17.6 Å². The van der Waals surface area contributed by atoms with Gasteiger partial charge in [-0.1, -0.05) is 34.9 Å². The highest BCUT2D eigenvalue weighted by molar-refractivity contribution is 7.91. The number of benzene rings is 1. The molecule has 0 saturated carbocycles. The summed E-state index contributed by atoms with van der Waals surface area (Å²) in [7, 11) is -3.58. The van der Waals surface area contributed by atoms with Gasteiger partial charge < -0.3 is 4.42 Å². The molecule has 1 atom stereocenters. The van der Waals surface area contributed by atoms with Gasteiger partial charge in [0.1, 0.15) is 4.21 Å². The molecule has 1 saturated heterocycles. The number of anilines is 1. The van der Waals surface area contributed by atoms with Crippen LogP contribution in [-0.4, -0.2) is 41.9 Å². The van der Waals surface area contributed by atoms with Crippen LogP contribution in [-0.2, 0) is 21.2 Å². The molecule has 0 aliphatic carbocycles. The molecule has 0 radical (unpaired) electrons. The van der Waals surface area contributed by atoms with Gasteiger partial charge in [-0.05, 0) is 49.3 Å². The van der Waals surface area contributed by atoms with Crippen molar-refractivity contribution in [2.45, 2.75) is 37.3 Å². The van der Waals surface area contributed by atoms with Crippen LogP contribution in [0.1, 0.15) is 35.4 Å². The number of aromatic nitrogens is 2. The summed E-state index contributed by atoms with van der Waals surface area (Å²) in [6, 6.07) is 9.46. The Balaban J connectivity index is 1.39. The number of thiophene rings is 1. The molecule has 3 aromatic rings. The Bertz CT molecular complexity index is 1170. The van der Waals surface area contributed by atoms with Crippen molar-refractivity contribution in [3.05, 3.63) is 58.3 Å². The van der Waals surface area contributed by atoms with Crippen LogP contribution in [0, 0.1) is 19.8 Å². The number of rotatable bonds is 6. The van der Waals surface area contributed by atoms with Gasteiger partial charge in [-0.15, -0.1) is 16.4 Å². The van der Waals surface area contributed by atoms with Gasteiger partial charge in [0, 0.05) is 13.1 Å². The number of amides is 1. The van der Waals surface area contributed by atoms with E-state index in [1.54, 1.807) is 17.5 Å². The van der Waals surface area contributed by atoms with E-state index in [4.69, 9.17) is 4.42 Å². The first-order valence-electron chi connectivity index (χ1n) is 10.1. The van der Waals surface area contributed by atoms with Crippen LogP contribution in [0.4, 0.5) is 6.01 Å². The maximum atomic E-state index is 12.8. The van der Waals surface area contributed by atoms with Crippen LogP contribution < -0.4 is 5.32 Å². The molecule has 10 heteroatoms. The predicted octanol–water partition coefficient (Wildman–Crippen LogP) is 3.38. The highest BCUT2D eigenvalue weighted by Gasteiger charge is 2.34. The largest absolute Gasteiger partial charge is 0.407 e. The van der Waals surface area contributed by atoms with E-state index in [9.17, 15) is 13.2 Å². The fourth-order valence-electron chi connectivity index (χ4n) is 3.70. The van der Waals surface area contributed by atoms with Crippen molar-refractivity contribution >= 4 is 33.3 Å². The summed E-state index contributed by atoms with van der Waals surface area (Å²) in [5.74, 6) is -0.376. The smallest absolute Gasteiger partial charge is 0.322 e. The Morgan fingerprint density at radius 3 is 2.87 bits per heavy atom. The minimum atomic E-state index is -3.58. The molecule has 1 amide bonds. The lowest BCUT2D eigenvalue weighted by molar-refractivity contribution is -0.121. The standard InChI is InChI=1S/C21H24N4O4S2/c1-14-7-8-16(15(2)11-14)12-18-23-24-21(29-18)22-20(26)17-5-3-9-25(13-17)31(27,28)19-6-4-10-30-19/h4,6-8,10-11,17H,3,5,9,12-13H2,1-2H3,(H,22,24,26). The van der Waals surface area contributed by atoms with E-state index < -0.39 is 15.9 Å². The van der Waals surface area contributed by atoms with Crippen LogP contribution in [0.15, 0.2) is 44.3 Å². The zero-order chi connectivity index (χ0) is 22.0. The number of sulfonamides is 1. The third-order valence-corrected chi connectivity index (χ3v) is 8.62. The number of carbonyl (C=O) groups is 1. The molecule has 0 spiro atoms. The Labute approximate surface area is 185 Å². The van der Waals surface area contributed by atoms with Gasteiger partial charge in [0.05, 0.1) is 12.3 Å². The molecule has 164 valence electrons. The van der Waals surface area contributed by atoms with Crippen LogP contribution in [0.5, 0.6) is 0 Å². The molecule has 4 rings (SSSR count). The van der Waals surface area contributed by atoms with E-state index in [2.05, 4.69) is 21.6 Å². The third-order valence-electron chi connectivity index (χ3n) is 5.38. The van der Waals surface area contributed by atoms with Crippen molar-refractivity contribution in [1.29, 1.82) is 0 Å². The SMILES string of the molecule is Cc1ccc(Cc2nnc(NC(=O)C3CCCN(S(=O)(=O)c4cccs4)C3)o2)c(C)c1. The highest BCUT2D eigenvalue weighted by Crippen LogP contribution is 2.27.